The third kappa shape index (κ3) is 8.27. The van der Waals surface area contributed by atoms with Gasteiger partial charge in [0.25, 0.3) is 0 Å². The molecule has 0 bridgehead atoms. The lowest BCUT2D eigenvalue weighted by Gasteiger charge is -2.29. The Balaban J connectivity index is 1.11. The second-order valence-corrected chi connectivity index (χ2v) is 15.4. The van der Waals surface area contributed by atoms with Crippen LogP contribution in [0.25, 0.3) is 33.6 Å². The smallest absolute Gasteiger partial charge is 0.227 e. The van der Waals surface area contributed by atoms with Crippen molar-refractivity contribution in [3.05, 3.63) is 72.6 Å². The van der Waals surface area contributed by atoms with Gasteiger partial charge in [0.2, 0.25) is 23.6 Å². The molecule has 0 spiro atoms. The molecule has 6 rings (SSSR count). The minimum atomic E-state index is -0.371. The van der Waals surface area contributed by atoms with Crippen LogP contribution in [0.4, 0.5) is 0 Å². The number of carbonyl (C=O) groups is 4. The van der Waals surface area contributed by atoms with E-state index in [-0.39, 0.29) is 72.2 Å². The lowest BCUT2D eigenvalue weighted by atomic mass is 9.90. The average molecular weight is 735 g/mol. The van der Waals surface area contributed by atoms with Crippen LogP contribution in [0.1, 0.15) is 90.0 Å². The van der Waals surface area contributed by atoms with Crippen LogP contribution in [-0.4, -0.2) is 80.5 Å². The van der Waals surface area contributed by atoms with E-state index in [4.69, 9.17) is 9.97 Å². The molecule has 4 N–H and O–H groups in total. The standard InChI is InChI=1S/C42H54N8O4/c1-25(2)31(21-37(51)43-5)41(53)49-19-7-9-35(49)39-45-23-33(47-39)29-15-11-27(12-16-29)28-13-17-30(18-14-28)34-24-46-40(48-34)36-10-8-20-50(36)42(54)32(26(3)4)22-38(52)44-6/h11-18,23-26,31-32,35-36H,7-10,19-22H2,1-6H3,(H,43,51)(H,44,52)(H,45,47)(H,46,48). The zero-order valence-electron chi connectivity index (χ0n) is 32.3. The Labute approximate surface area is 317 Å². The highest BCUT2D eigenvalue weighted by atomic mass is 16.2. The van der Waals surface area contributed by atoms with Crippen molar-refractivity contribution in [3.8, 4) is 33.6 Å². The van der Waals surface area contributed by atoms with Crippen molar-refractivity contribution in [1.82, 2.24) is 40.4 Å². The minimum Gasteiger partial charge on any atom is -0.359 e. The molecule has 4 atom stereocenters. The highest BCUT2D eigenvalue weighted by molar-refractivity contribution is 5.87. The van der Waals surface area contributed by atoms with E-state index in [1.54, 1.807) is 14.1 Å². The Bertz CT molecular complexity index is 1790. The molecule has 2 aromatic carbocycles. The number of hydrogen-bond acceptors (Lipinski definition) is 6. The van der Waals surface area contributed by atoms with Gasteiger partial charge in [0.15, 0.2) is 0 Å². The van der Waals surface area contributed by atoms with Gasteiger partial charge in [-0.25, -0.2) is 9.97 Å². The Hall–Kier alpha value is -5.26. The first-order chi connectivity index (χ1) is 26.0. The lowest BCUT2D eigenvalue weighted by Crippen LogP contribution is -2.40. The van der Waals surface area contributed by atoms with Gasteiger partial charge in [-0.15, -0.1) is 0 Å². The summed E-state index contributed by atoms with van der Waals surface area (Å²) in [4.78, 5) is 71.7. The van der Waals surface area contributed by atoms with Crippen LogP contribution in [0.3, 0.4) is 0 Å². The summed E-state index contributed by atoms with van der Waals surface area (Å²) in [6, 6.07) is 16.4. The first-order valence-corrected chi connectivity index (χ1v) is 19.3. The predicted octanol–water partition coefficient (Wildman–Crippen LogP) is 6.28. The summed E-state index contributed by atoms with van der Waals surface area (Å²) in [5.74, 6) is 0.685. The summed E-state index contributed by atoms with van der Waals surface area (Å²) in [5, 5.41) is 5.31. The minimum absolute atomic E-state index is 0.0140. The Morgan fingerprint density at radius 2 is 0.981 bits per heavy atom. The Morgan fingerprint density at radius 1 is 0.630 bits per heavy atom. The van der Waals surface area contributed by atoms with Gasteiger partial charge < -0.3 is 30.4 Å². The number of nitrogens with zero attached hydrogens (tertiary/aromatic N) is 4. The zero-order valence-corrected chi connectivity index (χ0v) is 32.3. The number of benzene rings is 2. The van der Waals surface area contributed by atoms with Gasteiger partial charge in [-0.05, 0) is 59.8 Å². The number of aromatic amines is 2. The summed E-state index contributed by atoms with van der Waals surface area (Å²) in [5.41, 5.74) is 5.94. The summed E-state index contributed by atoms with van der Waals surface area (Å²) in [7, 11) is 3.21. The summed E-state index contributed by atoms with van der Waals surface area (Å²) in [6.45, 7) is 9.29. The molecule has 2 aromatic heterocycles. The van der Waals surface area contributed by atoms with Crippen molar-refractivity contribution in [2.75, 3.05) is 27.2 Å². The lowest BCUT2D eigenvalue weighted by molar-refractivity contribution is -0.141. The topological polar surface area (TPSA) is 156 Å². The third-order valence-electron chi connectivity index (χ3n) is 11.2. The fourth-order valence-corrected chi connectivity index (χ4v) is 7.87. The van der Waals surface area contributed by atoms with E-state index >= 15 is 0 Å². The van der Waals surface area contributed by atoms with Crippen LogP contribution in [0, 0.1) is 23.7 Å². The van der Waals surface area contributed by atoms with Gasteiger partial charge in [0.05, 0.1) is 35.9 Å². The first kappa shape index (κ1) is 38.5. The summed E-state index contributed by atoms with van der Waals surface area (Å²) < 4.78 is 0. The molecule has 54 heavy (non-hydrogen) atoms. The van der Waals surface area contributed by atoms with Gasteiger partial charge in [0.1, 0.15) is 11.6 Å². The maximum absolute atomic E-state index is 13.6. The molecule has 0 radical (unpaired) electrons. The molecule has 286 valence electrons. The second-order valence-electron chi connectivity index (χ2n) is 15.4. The van der Waals surface area contributed by atoms with Crippen molar-refractivity contribution >= 4 is 23.6 Å². The number of nitrogens with one attached hydrogen (secondary N) is 4. The number of imidazole rings is 2. The fraction of sp³-hybridized carbons (Fsp3) is 0.476. The number of amides is 4. The fourth-order valence-electron chi connectivity index (χ4n) is 7.87. The van der Waals surface area contributed by atoms with Crippen molar-refractivity contribution in [2.45, 2.75) is 78.3 Å². The summed E-state index contributed by atoms with van der Waals surface area (Å²) in [6.07, 6.45) is 7.48. The van der Waals surface area contributed by atoms with Gasteiger partial charge in [-0.1, -0.05) is 76.2 Å². The largest absolute Gasteiger partial charge is 0.359 e. The third-order valence-corrected chi connectivity index (χ3v) is 11.2. The molecule has 2 aliphatic heterocycles. The van der Waals surface area contributed by atoms with Crippen LogP contribution < -0.4 is 10.6 Å². The van der Waals surface area contributed by atoms with Crippen LogP contribution in [0.5, 0.6) is 0 Å². The Kier molecular flexibility index (Phi) is 12.0. The molecule has 2 fully saturated rings. The number of likely N-dealkylation sites (tertiary alicyclic amines) is 2. The molecule has 4 amide bonds. The van der Waals surface area contributed by atoms with Crippen molar-refractivity contribution in [1.29, 1.82) is 0 Å². The van der Waals surface area contributed by atoms with E-state index in [1.807, 2.05) is 49.9 Å². The van der Waals surface area contributed by atoms with Crippen LogP contribution in [0.15, 0.2) is 60.9 Å². The number of rotatable bonds is 13. The average Bonchev–Trinajstić information content (AvgIpc) is 4.02. The van der Waals surface area contributed by atoms with E-state index < -0.39 is 0 Å². The number of carbonyl (C=O) groups excluding carboxylic acids is 4. The Morgan fingerprint density at radius 3 is 1.31 bits per heavy atom. The number of hydrogen-bond donors (Lipinski definition) is 4. The van der Waals surface area contributed by atoms with E-state index in [2.05, 4.69) is 69.1 Å². The molecular weight excluding hydrogens is 681 g/mol. The zero-order chi connectivity index (χ0) is 38.5. The molecule has 0 aliphatic carbocycles. The first-order valence-electron chi connectivity index (χ1n) is 19.3. The highest BCUT2D eigenvalue weighted by Crippen LogP contribution is 2.36. The highest BCUT2D eigenvalue weighted by Gasteiger charge is 2.38. The van der Waals surface area contributed by atoms with Gasteiger partial charge in [-0.3, -0.25) is 19.2 Å². The maximum Gasteiger partial charge on any atom is 0.227 e. The van der Waals surface area contributed by atoms with Crippen LogP contribution >= 0.6 is 0 Å². The number of aromatic nitrogens is 4. The molecule has 2 aliphatic rings. The van der Waals surface area contributed by atoms with Crippen LogP contribution in [0.2, 0.25) is 0 Å². The normalized spacial score (nSPS) is 18.3. The summed E-state index contributed by atoms with van der Waals surface area (Å²) >= 11 is 0. The molecule has 0 saturated carbocycles. The SMILES string of the molecule is CNC(=O)CC(C(=O)N1CCCC1c1ncc(-c2ccc(-c3ccc(-c4cnc(C5CCCN5C(=O)C(CC(=O)NC)C(C)C)[nH]4)cc3)cc2)[nH]1)C(C)C. The van der Waals surface area contributed by atoms with Gasteiger partial charge in [0, 0.05) is 51.9 Å². The molecule has 4 heterocycles. The van der Waals surface area contributed by atoms with Crippen molar-refractivity contribution < 1.29 is 19.2 Å². The molecule has 2 saturated heterocycles. The maximum atomic E-state index is 13.6. The molecule has 4 unspecified atom stereocenters. The monoisotopic (exact) mass is 734 g/mol. The van der Waals surface area contributed by atoms with Gasteiger partial charge >= 0.3 is 0 Å². The van der Waals surface area contributed by atoms with Crippen molar-refractivity contribution in [3.63, 3.8) is 0 Å². The van der Waals surface area contributed by atoms with E-state index in [9.17, 15) is 19.2 Å². The quantitative estimate of drug-likeness (QED) is 0.127. The van der Waals surface area contributed by atoms with E-state index in [1.165, 1.54) is 0 Å². The molecule has 12 nitrogen and oxygen atoms in total. The number of H-pyrrole nitrogens is 2. The van der Waals surface area contributed by atoms with E-state index in [0.29, 0.717) is 13.1 Å². The van der Waals surface area contributed by atoms with Gasteiger partial charge in [-0.2, -0.15) is 0 Å². The second kappa shape index (κ2) is 16.8. The van der Waals surface area contributed by atoms with Crippen molar-refractivity contribution in [2.24, 2.45) is 23.7 Å². The molecule has 12 heteroatoms. The molecule has 4 aromatic rings. The predicted molar refractivity (Wildman–Crippen MR) is 208 cm³/mol. The van der Waals surface area contributed by atoms with E-state index in [0.717, 1.165) is 71.0 Å². The molecular formula is C42H54N8O4. The van der Waals surface area contributed by atoms with Crippen LogP contribution in [-0.2, 0) is 19.2 Å².